The third kappa shape index (κ3) is 4.32. The van der Waals surface area contributed by atoms with E-state index in [9.17, 15) is 14.7 Å². The summed E-state index contributed by atoms with van der Waals surface area (Å²) < 4.78 is 0. The van der Waals surface area contributed by atoms with Gasteiger partial charge in [-0.1, -0.05) is 41.9 Å². The Bertz CT molecular complexity index is 674. The zero-order chi connectivity index (χ0) is 14.7. The number of nitrogens with two attached hydrogens (primary N) is 1. The molecule has 0 heterocycles. The van der Waals surface area contributed by atoms with Gasteiger partial charge in [0.25, 0.3) is 0 Å². The van der Waals surface area contributed by atoms with Crippen molar-refractivity contribution in [1.82, 2.24) is 0 Å². The number of carbonyl (C=O) groups excluding carboxylic acids is 2. The molecule has 0 fully saturated rings. The number of benzene rings is 2. The Kier molecular flexibility index (Phi) is 6.42. The van der Waals surface area contributed by atoms with E-state index in [1.54, 1.807) is 30.3 Å². The van der Waals surface area contributed by atoms with Crippen LogP contribution in [0.25, 0.3) is 0 Å². The van der Waals surface area contributed by atoms with Crippen molar-refractivity contribution in [2.45, 2.75) is 6.42 Å². The second-order valence-electron chi connectivity index (χ2n) is 4.27. The van der Waals surface area contributed by atoms with Gasteiger partial charge in [-0.3, -0.25) is 4.79 Å². The fraction of sp³-hybridized carbons (Fsp3) is 0.0667. The first kappa shape index (κ1) is 17.7. The van der Waals surface area contributed by atoms with Crippen LogP contribution in [-0.4, -0.2) is 11.8 Å². The molecule has 6 heteroatoms. The van der Waals surface area contributed by atoms with Crippen molar-refractivity contribution in [2.24, 2.45) is 0 Å². The minimum Gasteiger partial charge on any atom is -0.550 e. The fourth-order valence-electron chi connectivity index (χ4n) is 1.91. The molecule has 0 saturated heterocycles. The van der Waals surface area contributed by atoms with Gasteiger partial charge in [-0.25, -0.2) is 0 Å². The number of carboxylic acids is 1. The average Bonchev–Trinajstić information content (AvgIpc) is 2.42. The molecule has 0 bridgehead atoms. The van der Waals surface area contributed by atoms with E-state index in [-0.39, 0.29) is 63.6 Å². The summed E-state index contributed by atoms with van der Waals surface area (Å²) in [7, 11) is 0. The number of rotatable bonds is 4. The molecule has 102 valence electrons. The Morgan fingerprint density at radius 2 is 1.76 bits per heavy atom. The molecule has 0 amide bonds. The second-order valence-corrected chi connectivity index (χ2v) is 4.71. The summed E-state index contributed by atoms with van der Waals surface area (Å²) in [4.78, 5) is 23.0. The van der Waals surface area contributed by atoms with E-state index in [2.05, 4.69) is 0 Å². The van der Waals surface area contributed by atoms with E-state index in [1.807, 2.05) is 0 Å². The molecule has 2 aromatic carbocycles. The number of carboxylic acid groups (broad SMARTS) is 1. The summed E-state index contributed by atoms with van der Waals surface area (Å²) in [6, 6.07) is 11.4. The minimum absolute atomic E-state index is 0. The van der Waals surface area contributed by atoms with Crippen molar-refractivity contribution in [2.75, 3.05) is 5.73 Å². The molecule has 0 radical (unpaired) electrons. The number of aliphatic carboxylic acids is 1. The van der Waals surface area contributed by atoms with Crippen LogP contribution in [0.4, 0.5) is 5.69 Å². The van der Waals surface area contributed by atoms with Crippen molar-refractivity contribution in [3.63, 3.8) is 0 Å². The number of carbonyl (C=O) groups is 2. The number of nitrogen functional groups attached to an aromatic ring is 1. The van der Waals surface area contributed by atoms with E-state index in [0.717, 1.165) is 0 Å². The van der Waals surface area contributed by atoms with Crippen LogP contribution in [0, 0.1) is 0 Å². The van der Waals surface area contributed by atoms with Gasteiger partial charge in [0.1, 0.15) is 0 Å². The maximum atomic E-state index is 12.4. The summed E-state index contributed by atoms with van der Waals surface area (Å²) in [5.41, 5.74) is 6.91. The summed E-state index contributed by atoms with van der Waals surface area (Å²) in [5.74, 6) is -1.58. The molecule has 4 nitrogen and oxygen atoms in total. The van der Waals surface area contributed by atoms with Gasteiger partial charge in [-0.05, 0) is 17.7 Å². The molecule has 0 atom stereocenters. The van der Waals surface area contributed by atoms with Gasteiger partial charge in [0.2, 0.25) is 0 Å². The normalized spacial score (nSPS) is 9.76. The van der Waals surface area contributed by atoms with Crippen LogP contribution in [0.2, 0.25) is 5.02 Å². The monoisotopic (exact) mass is 311 g/mol. The molecule has 0 aromatic heterocycles. The first-order valence-corrected chi connectivity index (χ1v) is 6.24. The Balaban J connectivity index is 0.00000220. The molecule has 2 rings (SSSR count). The topological polar surface area (TPSA) is 83.2 Å². The predicted molar refractivity (Wildman–Crippen MR) is 74.4 cm³/mol. The van der Waals surface area contributed by atoms with Gasteiger partial charge >= 0.3 is 29.6 Å². The Morgan fingerprint density at radius 3 is 2.33 bits per heavy atom. The Morgan fingerprint density at radius 1 is 1.14 bits per heavy atom. The maximum absolute atomic E-state index is 12.4. The largest absolute Gasteiger partial charge is 1.00 e. The number of ketones is 1. The summed E-state index contributed by atoms with van der Waals surface area (Å²) in [6.45, 7) is 0. The molecule has 0 spiro atoms. The zero-order valence-electron chi connectivity index (χ0n) is 11.4. The molecule has 21 heavy (non-hydrogen) atoms. The van der Waals surface area contributed by atoms with E-state index in [1.165, 1.54) is 12.1 Å². The van der Waals surface area contributed by atoms with Gasteiger partial charge in [0.15, 0.2) is 5.78 Å². The van der Waals surface area contributed by atoms with Gasteiger partial charge < -0.3 is 15.6 Å². The van der Waals surface area contributed by atoms with Crippen molar-refractivity contribution >= 4 is 29.0 Å². The van der Waals surface area contributed by atoms with E-state index in [4.69, 9.17) is 17.3 Å². The smallest absolute Gasteiger partial charge is 0.550 e. The first-order chi connectivity index (χ1) is 9.49. The van der Waals surface area contributed by atoms with Crippen LogP contribution >= 0.6 is 11.6 Å². The van der Waals surface area contributed by atoms with E-state index < -0.39 is 5.97 Å². The summed E-state index contributed by atoms with van der Waals surface area (Å²) in [5, 5.41) is 10.9. The molecule has 0 aliphatic heterocycles. The standard InChI is InChI=1S/C15H12ClNO3.Na/c16-11-6-10(7-13(18)19)14(17)12(8-11)15(20)9-4-2-1-3-5-9;/h1-6,8H,7,17H2,(H,18,19);/q;+1/p-1. The van der Waals surface area contributed by atoms with Crippen LogP contribution in [0.5, 0.6) is 0 Å². The van der Waals surface area contributed by atoms with Crippen LogP contribution in [-0.2, 0) is 11.2 Å². The van der Waals surface area contributed by atoms with Crippen LogP contribution in [0.1, 0.15) is 21.5 Å². The zero-order valence-corrected chi connectivity index (χ0v) is 14.2. The SMILES string of the molecule is Nc1c(CC(=O)[O-])cc(Cl)cc1C(=O)c1ccccc1.[Na+]. The molecule has 0 saturated carbocycles. The first-order valence-electron chi connectivity index (χ1n) is 5.86. The van der Waals surface area contributed by atoms with Gasteiger partial charge in [0, 0.05) is 34.2 Å². The van der Waals surface area contributed by atoms with Crippen molar-refractivity contribution in [3.05, 3.63) is 64.2 Å². The fourth-order valence-corrected chi connectivity index (χ4v) is 2.15. The quantitative estimate of drug-likeness (QED) is 0.421. The van der Waals surface area contributed by atoms with E-state index in [0.29, 0.717) is 5.56 Å². The number of hydrogen-bond acceptors (Lipinski definition) is 4. The molecule has 2 N–H and O–H groups in total. The number of halogens is 1. The van der Waals surface area contributed by atoms with Gasteiger partial charge in [-0.2, -0.15) is 0 Å². The Hall–Kier alpha value is -1.33. The molecular weight excluding hydrogens is 301 g/mol. The molecule has 0 aliphatic carbocycles. The van der Waals surface area contributed by atoms with Crippen molar-refractivity contribution < 1.29 is 44.3 Å². The molecule has 0 aliphatic rings. The summed E-state index contributed by atoms with van der Waals surface area (Å²) >= 11 is 5.92. The third-order valence-corrected chi connectivity index (χ3v) is 3.06. The van der Waals surface area contributed by atoms with Crippen LogP contribution in [0.3, 0.4) is 0 Å². The maximum Gasteiger partial charge on any atom is 1.00 e. The van der Waals surface area contributed by atoms with E-state index >= 15 is 0 Å². The third-order valence-electron chi connectivity index (χ3n) is 2.85. The van der Waals surface area contributed by atoms with Crippen LogP contribution in [0.15, 0.2) is 42.5 Å². The molecular formula is C15H11ClNNaO3. The molecule has 0 unspecified atom stereocenters. The van der Waals surface area contributed by atoms with Gasteiger partial charge in [-0.15, -0.1) is 0 Å². The molecule has 2 aromatic rings. The minimum atomic E-state index is -1.28. The van der Waals surface area contributed by atoms with Crippen molar-refractivity contribution in [1.29, 1.82) is 0 Å². The average molecular weight is 312 g/mol. The number of anilines is 1. The van der Waals surface area contributed by atoms with Crippen LogP contribution < -0.4 is 40.4 Å². The predicted octanol–water partition coefficient (Wildman–Crippen LogP) is -1.55. The Labute approximate surface area is 149 Å². The number of hydrogen-bond donors (Lipinski definition) is 1. The van der Waals surface area contributed by atoms with Gasteiger partial charge in [0.05, 0.1) is 0 Å². The second kappa shape index (κ2) is 7.61. The summed E-state index contributed by atoms with van der Waals surface area (Å²) in [6.07, 6.45) is -0.387. The van der Waals surface area contributed by atoms with Crippen molar-refractivity contribution in [3.8, 4) is 0 Å².